The summed E-state index contributed by atoms with van der Waals surface area (Å²) in [6, 6.07) is 9.87. The number of nitrogens with one attached hydrogen (secondary N) is 2. The maximum absolute atomic E-state index is 12.4. The van der Waals surface area contributed by atoms with Gasteiger partial charge in [-0.25, -0.2) is 4.79 Å². The molecule has 2 fully saturated rings. The van der Waals surface area contributed by atoms with Gasteiger partial charge in [-0.2, -0.15) is 0 Å². The fourth-order valence-corrected chi connectivity index (χ4v) is 4.48. The standard InChI is InChI=1S/C19H25N3O3S/c1-19(17(24)20-18(25)21-19)10-5-8-16(23)22-11-9-14(12-22)13-26-15-6-3-2-4-7-15/h2-4,6-7,14H,5,8-13H2,1H3,(H2,20,21,24,25)/t14-,19+/m1/s1. The van der Waals surface area contributed by atoms with E-state index in [4.69, 9.17) is 0 Å². The lowest BCUT2D eigenvalue weighted by Gasteiger charge is -2.21. The lowest BCUT2D eigenvalue weighted by atomic mass is 9.95. The zero-order chi connectivity index (χ0) is 18.6. The predicted octanol–water partition coefficient (Wildman–Crippen LogP) is 2.40. The highest BCUT2D eigenvalue weighted by atomic mass is 32.2. The van der Waals surface area contributed by atoms with Crippen LogP contribution in [0.1, 0.15) is 32.6 Å². The van der Waals surface area contributed by atoms with Crippen LogP contribution in [0.2, 0.25) is 0 Å². The van der Waals surface area contributed by atoms with E-state index in [0.29, 0.717) is 25.2 Å². The van der Waals surface area contributed by atoms with Crippen molar-refractivity contribution in [3.8, 4) is 0 Å². The Labute approximate surface area is 158 Å². The highest BCUT2D eigenvalue weighted by Gasteiger charge is 2.41. The minimum Gasteiger partial charge on any atom is -0.342 e. The normalized spacial score (nSPS) is 25.3. The molecule has 1 aromatic carbocycles. The smallest absolute Gasteiger partial charge is 0.322 e. The molecule has 2 saturated heterocycles. The van der Waals surface area contributed by atoms with Crippen LogP contribution in [0.4, 0.5) is 4.79 Å². The molecule has 2 aliphatic rings. The number of imide groups is 1. The summed E-state index contributed by atoms with van der Waals surface area (Å²) in [4.78, 5) is 38.7. The Morgan fingerprint density at radius 2 is 2.08 bits per heavy atom. The average Bonchev–Trinajstić information content (AvgIpc) is 3.18. The second kappa shape index (κ2) is 8.12. The summed E-state index contributed by atoms with van der Waals surface area (Å²) in [6.45, 7) is 3.32. The van der Waals surface area contributed by atoms with Crippen molar-refractivity contribution in [3.63, 3.8) is 0 Å². The number of carbonyl (C=O) groups is 3. The van der Waals surface area contributed by atoms with E-state index >= 15 is 0 Å². The molecule has 4 amide bonds. The van der Waals surface area contributed by atoms with Crippen molar-refractivity contribution in [2.24, 2.45) is 5.92 Å². The van der Waals surface area contributed by atoms with Gasteiger partial charge in [0.05, 0.1) is 0 Å². The third kappa shape index (κ3) is 4.58. The Morgan fingerprint density at radius 3 is 2.77 bits per heavy atom. The summed E-state index contributed by atoms with van der Waals surface area (Å²) in [5.41, 5.74) is -0.892. The van der Waals surface area contributed by atoms with Gasteiger partial charge in [-0.15, -0.1) is 11.8 Å². The zero-order valence-corrected chi connectivity index (χ0v) is 15.8. The molecule has 0 aromatic heterocycles. The summed E-state index contributed by atoms with van der Waals surface area (Å²) in [6.07, 6.45) is 2.51. The number of hydrogen-bond acceptors (Lipinski definition) is 4. The van der Waals surface area contributed by atoms with Crippen molar-refractivity contribution >= 4 is 29.6 Å². The number of benzene rings is 1. The maximum Gasteiger partial charge on any atom is 0.322 e. The SMILES string of the molecule is C[C@@]1(CCCC(=O)N2CC[C@@H](CSc3ccccc3)C2)NC(=O)NC1=O. The molecule has 140 valence electrons. The Morgan fingerprint density at radius 1 is 1.31 bits per heavy atom. The second-order valence-electron chi connectivity index (χ2n) is 7.21. The van der Waals surface area contributed by atoms with Crippen LogP contribution >= 0.6 is 11.8 Å². The number of thioether (sulfide) groups is 1. The molecule has 2 heterocycles. The Hall–Kier alpha value is -2.02. The Kier molecular flexibility index (Phi) is 5.86. The maximum atomic E-state index is 12.4. The molecule has 0 unspecified atom stereocenters. The summed E-state index contributed by atoms with van der Waals surface area (Å²) in [7, 11) is 0. The number of carbonyl (C=O) groups excluding carboxylic acids is 3. The molecule has 0 bridgehead atoms. The van der Waals surface area contributed by atoms with E-state index in [-0.39, 0.29) is 11.8 Å². The lowest BCUT2D eigenvalue weighted by molar-refractivity contribution is -0.131. The van der Waals surface area contributed by atoms with Gasteiger partial charge in [-0.1, -0.05) is 18.2 Å². The van der Waals surface area contributed by atoms with Crippen molar-refractivity contribution in [1.82, 2.24) is 15.5 Å². The van der Waals surface area contributed by atoms with Crippen molar-refractivity contribution in [3.05, 3.63) is 30.3 Å². The molecule has 2 atom stereocenters. The van der Waals surface area contributed by atoms with Crippen LogP contribution < -0.4 is 10.6 Å². The number of likely N-dealkylation sites (tertiary alicyclic amines) is 1. The molecule has 0 spiro atoms. The molecule has 7 heteroatoms. The highest BCUT2D eigenvalue weighted by Crippen LogP contribution is 2.26. The fraction of sp³-hybridized carbons (Fsp3) is 0.526. The van der Waals surface area contributed by atoms with Crippen molar-refractivity contribution < 1.29 is 14.4 Å². The molecule has 2 aliphatic heterocycles. The van der Waals surface area contributed by atoms with Crippen LogP contribution in [0.5, 0.6) is 0 Å². The van der Waals surface area contributed by atoms with Crippen LogP contribution in [-0.2, 0) is 9.59 Å². The van der Waals surface area contributed by atoms with E-state index in [1.54, 1.807) is 6.92 Å². The van der Waals surface area contributed by atoms with Gasteiger partial charge in [-0.05, 0) is 44.2 Å². The Bertz CT molecular complexity index is 682. The van der Waals surface area contributed by atoms with Gasteiger partial charge in [-0.3, -0.25) is 14.9 Å². The first-order valence-corrected chi connectivity index (χ1v) is 10.0. The van der Waals surface area contributed by atoms with Crippen LogP contribution in [0.3, 0.4) is 0 Å². The third-order valence-corrected chi connectivity index (χ3v) is 6.30. The Balaban J connectivity index is 1.38. The summed E-state index contributed by atoms with van der Waals surface area (Å²) < 4.78 is 0. The molecule has 0 saturated carbocycles. The van der Waals surface area contributed by atoms with Gasteiger partial charge in [0, 0.05) is 30.2 Å². The molecule has 2 N–H and O–H groups in total. The van der Waals surface area contributed by atoms with Gasteiger partial charge < -0.3 is 10.2 Å². The average molecular weight is 375 g/mol. The first-order valence-electron chi connectivity index (χ1n) is 9.05. The van der Waals surface area contributed by atoms with E-state index in [9.17, 15) is 14.4 Å². The van der Waals surface area contributed by atoms with E-state index in [0.717, 1.165) is 25.3 Å². The van der Waals surface area contributed by atoms with Gasteiger partial charge in [0.2, 0.25) is 5.91 Å². The first-order chi connectivity index (χ1) is 12.5. The minimum absolute atomic E-state index is 0.144. The van der Waals surface area contributed by atoms with E-state index in [1.165, 1.54) is 4.90 Å². The third-order valence-electron chi connectivity index (χ3n) is 5.05. The first kappa shape index (κ1) is 18.8. The number of urea groups is 1. The molecule has 0 radical (unpaired) electrons. The van der Waals surface area contributed by atoms with Crippen molar-refractivity contribution in [2.75, 3.05) is 18.8 Å². The molecular weight excluding hydrogens is 350 g/mol. The van der Waals surface area contributed by atoms with E-state index in [2.05, 4.69) is 22.8 Å². The number of rotatable bonds is 7. The van der Waals surface area contributed by atoms with Crippen LogP contribution in [0.25, 0.3) is 0 Å². The van der Waals surface area contributed by atoms with E-state index in [1.807, 2.05) is 34.9 Å². The molecule has 1 aromatic rings. The van der Waals surface area contributed by atoms with Gasteiger partial charge in [0.25, 0.3) is 5.91 Å². The van der Waals surface area contributed by atoms with Crippen LogP contribution in [-0.4, -0.2) is 47.1 Å². The summed E-state index contributed by atoms with van der Waals surface area (Å²) in [5, 5.41) is 4.88. The quantitative estimate of drug-likeness (QED) is 0.567. The summed E-state index contributed by atoms with van der Waals surface area (Å²) in [5.74, 6) is 1.39. The lowest BCUT2D eigenvalue weighted by Crippen LogP contribution is -2.43. The predicted molar refractivity (Wildman–Crippen MR) is 101 cm³/mol. The molecule has 0 aliphatic carbocycles. The summed E-state index contributed by atoms with van der Waals surface area (Å²) >= 11 is 1.84. The van der Waals surface area contributed by atoms with Gasteiger partial charge >= 0.3 is 6.03 Å². The molecule has 6 nitrogen and oxygen atoms in total. The monoisotopic (exact) mass is 375 g/mol. The van der Waals surface area contributed by atoms with Crippen molar-refractivity contribution in [1.29, 1.82) is 0 Å². The number of hydrogen-bond donors (Lipinski definition) is 2. The van der Waals surface area contributed by atoms with Crippen LogP contribution in [0, 0.1) is 5.92 Å². The van der Waals surface area contributed by atoms with Gasteiger partial charge in [0.15, 0.2) is 0 Å². The van der Waals surface area contributed by atoms with Gasteiger partial charge in [0.1, 0.15) is 5.54 Å². The van der Waals surface area contributed by atoms with E-state index < -0.39 is 11.6 Å². The second-order valence-corrected chi connectivity index (χ2v) is 8.31. The topological polar surface area (TPSA) is 78.5 Å². The molecular formula is C19H25N3O3S. The highest BCUT2D eigenvalue weighted by molar-refractivity contribution is 7.99. The number of amides is 4. The molecule has 3 rings (SSSR count). The molecule has 26 heavy (non-hydrogen) atoms. The zero-order valence-electron chi connectivity index (χ0n) is 15.0. The fourth-order valence-electron chi connectivity index (χ4n) is 3.43. The number of nitrogens with zero attached hydrogens (tertiary/aromatic N) is 1. The minimum atomic E-state index is -0.892. The van der Waals surface area contributed by atoms with Crippen molar-refractivity contribution in [2.45, 2.75) is 43.0 Å². The van der Waals surface area contributed by atoms with Crippen LogP contribution in [0.15, 0.2) is 35.2 Å². The largest absolute Gasteiger partial charge is 0.342 e.